The summed E-state index contributed by atoms with van der Waals surface area (Å²) in [6.45, 7) is 8.31. The summed E-state index contributed by atoms with van der Waals surface area (Å²) in [5.74, 6) is 0.639. The van der Waals surface area contributed by atoms with Gasteiger partial charge in [0, 0.05) is 25.0 Å². The summed E-state index contributed by atoms with van der Waals surface area (Å²) in [6, 6.07) is 1.46. The van der Waals surface area contributed by atoms with Gasteiger partial charge in [0.2, 0.25) is 5.91 Å². The van der Waals surface area contributed by atoms with Crippen LogP contribution >= 0.6 is 0 Å². The van der Waals surface area contributed by atoms with Crippen LogP contribution in [0, 0.1) is 10.8 Å². The van der Waals surface area contributed by atoms with E-state index in [1.165, 1.54) is 19.3 Å². The van der Waals surface area contributed by atoms with Gasteiger partial charge in [0.05, 0.1) is 19.3 Å². The van der Waals surface area contributed by atoms with Gasteiger partial charge in [-0.1, -0.05) is 27.7 Å². The number of rotatable bonds is 16. The fraction of sp³-hybridized carbons (Fsp3) is 0.750. The number of hydrogen-bond donors (Lipinski definition) is 4. The Kier molecular flexibility index (Phi) is 11.2. The molecule has 2 unspecified atom stereocenters. The Balaban J connectivity index is 2.29. The second-order valence-electron chi connectivity index (χ2n) is 10.4. The monoisotopic (exact) mass is 454 g/mol. The number of methoxy groups -OCH3 is 1. The topological polar surface area (TPSA) is 139 Å². The SMILES string of the molecule is CO/C(=C\C(N)=O)CC(C)(C)CCC(O)CCCC(O)CCC(C)(C)Cc1cc(=O)[nH]o1. The number of amides is 1. The Morgan fingerprint density at radius 3 is 2.16 bits per heavy atom. The third kappa shape index (κ3) is 12.1. The lowest BCUT2D eigenvalue weighted by Gasteiger charge is -2.27. The number of aromatic nitrogens is 1. The van der Waals surface area contributed by atoms with Gasteiger partial charge in [0.25, 0.3) is 5.56 Å². The Morgan fingerprint density at radius 1 is 1.12 bits per heavy atom. The van der Waals surface area contributed by atoms with Crippen molar-refractivity contribution in [2.24, 2.45) is 16.6 Å². The molecule has 0 fully saturated rings. The number of aliphatic hydroxyl groups excluding tert-OH is 2. The standard InChI is InChI=1S/C24H42N2O6/c1-23(2,15-19(31-5)13-21(25)29)11-9-17(27)7-6-8-18(28)10-12-24(3,4)16-20-14-22(30)26-32-20/h13-14,17-18,27-28H,6-12,15-16H2,1-5H3,(H2,25,29)(H,26,30)/b19-13-. The van der Waals surface area contributed by atoms with Crippen molar-refractivity contribution < 1.29 is 24.3 Å². The lowest BCUT2D eigenvalue weighted by molar-refractivity contribution is -0.113. The fourth-order valence-corrected chi connectivity index (χ4v) is 3.86. The van der Waals surface area contributed by atoms with Crippen LogP contribution in [0.4, 0.5) is 0 Å². The van der Waals surface area contributed by atoms with E-state index in [1.807, 2.05) is 0 Å². The molecule has 1 heterocycles. The van der Waals surface area contributed by atoms with E-state index < -0.39 is 18.1 Å². The molecule has 0 bridgehead atoms. The number of aromatic amines is 1. The van der Waals surface area contributed by atoms with Gasteiger partial charge in [0.15, 0.2) is 0 Å². The summed E-state index contributed by atoms with van der Waals surface area (Å²) in [5, 5.41) is 23.0. The maximum Gasteiger partial charge on any atom is 0.280 e. The number of H-pyrrole nitrogens is 1. The molecule has 1 rings (SSSR count). The van der Waals surface area contributed by atoms with Gasteiger partial charge in [-0.25, -0.2) is 0 Å². The molecule has 1 aromatic heterocycles. The predicted octanol–water partition coefficient (Wildman–Crippen LogP) is 3.42. The van der Waals surface area contributed by atoms with Gasteiger partial charge in [-0.3, -0.25) is 9.59 Å². The van der Waals surface area contributed by atoms with Crippen LogP contribution in [0.1, 0.15) is 84.8 Å². The highest BCUT2D eigenvalue weighted by Crippen LogP contribution is 2.32. The first-order chi connectivity index (χ1) is 14.8. The largest absolute Gasteiger partial charge is 0.501 e. The van der Waals surface area contributed by atoms with Gasteiger partial charge in [-0.05, 0) is 55.8 Å². The van der Waals surface area contributed by atoms with E-state index in [1.54, 1.807) is 0 Å². The second kappa shape index (κ2) is 12.8. The highest BCUT2D eigenvalue weighted by atomic mass is 16.5. The van der Waals surface area contributed by atoms with E-state index >= 15 is 0 Å². The number of nitrogens with one attached hydrogen (secondary N) is 1. The fourth-order valence-electron chi connectivity index (χ4n) is 3.86. The zero-order valence-corrected chi connectivity index (χ0v) is 20.3. The van der Waals surface area contributed by atoms with Crippen LogP contribution in [0.2, 0.25) is 0 Å². The molecule has 8 nitrogen and oxygen atoms in total. The summed E-state index contributed by atoms with van der Waals surface area (Å²) in [5.41, 5.74) is 4.73. The molecule has 0 saturated carbocycles. The summed E-state index contributed by atoms with van der Waals surface area (Å²) >= 11 is 0. The number of hydrogen-bond acceptors (Lipinski definition) is 6. The first-order valence-corrected chi connectivity index (χ1v) is 11.4. The number of aliphatic hydroxyl groups is 2. The Bertz CT molecular complexity index is 777. The molecule has 1 amide bonds. The smallest absolute Gasteiger partial charge is 0.280 e. The minimum atomic E-state index is -0.532. The van der Waals surface area contributed by atoms with E-state index in [0.717, 1.165) is 19.3 Å². The molecule has 0 aliphatic carbocycles. The van der Waals surface area contributed by atoms with Crippen molar-refractivity contribution in [1.82, 2.24) is 5.16 Å². The zero-order chi connectivity index (χ0) is 24.4. The van der Waals surface area contributed by atoms with Crippen LogP contribution < -0.4 is 11.3 Å². The van der Waals surface area contributed by atoms with Crippen molar-refractivity contribution in [2.75, 3.05) is 7.11 Å². The van der Waals surface area contributed by atoms with E-state index in [9.17, 15) is 19.8 Å². The number of primary amides is 1. The summed E-state index contributed by atoms with van der Waals surface area (Å²) in [6.07, 6.45) is 6.58. The molecule has 5 N–H and O–H groups in total. The van der Waals surface area contributed by atoms with Crippen molar-refractivity contribution in [1.29, 1.82) is 0 Å². The van der Waals surface area contributed by atoms with E-state index in [4.69, 9.17) is 15.0 Å². The zero-order valence-electron chi connectivity index (χ0n) is 20.3. The molecule has 0 radical (unpaired) electrons. The van der Waals surface area contributed by atoms with Crippen LogP contribution in [0.3, 0.4) is 0 Å². The van der Waals surface area contributed by atoms with Crippen LogP contribution in [0.15, 0.2) is 27.2 Å². The molecule has 0 saturated heterocycles. The molecule has 0 aliphatic rings. The number of ether oxygens (including phenoxy) is 1. The number of nitrogens with two attached hydrogens (primary N) is 1. The van der Waals surface area contributed by atoms with Gasteiger partial charge in [-0.15, -0.1) is 0 Å². The average Bonchev–Trinajstić information content (AvgIpc) is 3.07. The van der Waals surface area contributed by atoms with Crippen LogP contribution in [-0.4, -0.2) is 40.6 Å². The first kappa shape index (κ1) is 28.0. The number of carbonyl (C=O) groups excluding carboxylic acids is 1. The Labute approximate surface area is 191 Å². The summed E-state index contributed by atoms with van der Waals surface area (Å²) in [4.78, 5) is 22.2. The number of carbonyl (C=O) groups is 1. The van der Waals surface area contributed by atoms with Gasteiger partial charge >= 0.3 is 0 Å². The van der Waals surface area contributed by atoms with Crippen molar-refractivity contribution in [3.05, 3.63) is 34.0 Å². The van der Waals surface area contributed by atoms with Crippen molar-refractivity contribution >= 4 is 5.91 Å². The van der Waals surface area contributed by atoms with E-state index in [0.29, 0.717) is 50.0 Å². The van der Waals surface area contributed by atoms with Crippen LogP contribution in [0.25, 0.3) is 0 Å². The first-order valence-electron chi connectivity index (χ1n) is 11.4. The van der Waals surface area contributed by atoms with Gasteiger partial charge in [0.1, 0.15) is 11.5 Å². The second-order valence-corrected chi connectivity index (χ2v) is 10.4. The summed E-state index contributed by atoms with van der Waals surface area (Å²) in [7, 11) is 1.52. The highest BCUT2D eigenvalue weighted by molar-refractivity contribution is 5.86. The van der Waals surface area contributed by atoms with Crippen LogP contribution in [-0.2, 0) is 16.0 Å². The molecule has 8 heteroatoms. The third-order valence-corrected chi connectivity index (χ3v) is 5.83. The minimum absolute atomic E-state index is 0.0891. The highest BCUT2D eigenvalue weighted by Gasteiger charge is 2.24. The third-order valence-electron chi connectivity index (χ3n) is 5.83. The van der Waals surface area contributed by atoms with Crippen LogP contribution in [0.5, 0.6) is 0 Å². The predicted molar refractivity (Wildman–Crippen MR) is 124 cm³/mol. The Hall–Kier alpha value is -2.06. The maximum absolute atomic E-state index is 11.2. The van der Waals surface area contributed by atoms with Crippen molar-refractivity contribution in [2.45, 2.75) is 97.7 Å². The maximum atomic E-state index is 11.2. The quantitative estimate of drug-likeness (QED) is 0.223. The number of allylic oxidation sites excluding steroid dienone is 1. The normalized spacial score (nSPS) is 14.9. The van der Waals surface area contributed by atoms with E-state index in [2.05, 4.69) is 32.9 Å². The molecule has 0 spiro atoms. The Morgan fingerprint density at radius 2 is 1.69 bits per heavy atom. The molecule has 1 aromatic rings. The average molecular weight is 455 g/mol. The molecular formula is C24H42N2O6. The molecule has 2 atom stereocenters. The van der Waals surface area contributed by atoms with Gasteiger partial charge in [-0.2, -0.15) is 5.16 Å². The van der Waals surface area contributed by atoms with E-state index in [-0.39, 0.29) is 16.4 Å². The molecule has 0 aromatic carbocycles. The summed E-state index contributed by atoms with van der Waals surface area (Å²) < 4.78 is 10.4. The van der Waals surface area contributed by atoms with Crippen molar-refractivity contribution in [3.8, 4) is 0 Å². The lowest BCUT2D eigenvalue weighted by atomic mass is 9.81. The lowest BCUT2D eigenvalue weighted by Crippen LogP contribution is -2.20. The minimum Gasteiger partial charge on any atom is -0.501 e. The molecule has 184 valence electrons. The molecule has 0 aliphatic heterocycles. The van der Waals surface area contributed by atoms with Crippen molar-refractivity contribution in [3.63, 3.8) is 0 Å². The molecular weight excluding hydrogens is 412 g/mol. The van der Waals surface area contributed by atoms with Gasteiger partial charge < -0.3 is 25.2 Å². The molecule has 32 heavy (non-hydrogen) atoms.